The fourth-order valence-electron chi connectivity index (χ4n) is 1.08. The minimum Gasteiger partial charge on any atom is -0.142 e. The van der Waals surface area contributed by atoms with Crippen LogP contribution in [-0.2, 0) is 6.42 Å². The molecule has 2 nitrogen and oxygen atoms in total. The maximum Gasteiger partial charge on any atom is 0.178 e. The Morgan fingerprint density at radius 3 is 2.50 bits per heavy atom. The van der Waals surface area contributed by atoms with E-state index in [-0.39, 0.29) is 0 Å². The molecule has 0 amide bonds. The maximum absolute atomic E-state index is 5.79. The molecule has 2 rings (SSSR count). The molecule has 0 aliphatic heterocycles. The minimum atomic E-state index is 0.764. The van der Waals surface area contributed by atoms with Crippen LogP contribution in [0, 0.1) is 3.01 Å². The molecule has 2 aromatic rings. The highest BCUT2D eigenvalue weighted by Gasteiger charge is 2.02. The van der Waals surface area contributed by atoms with Gasteiger partial charge in [-0.1, -0.05) is 35.1 Å². The number of aromatic nitrogens is 2. The molecule has 0 radical (unpaired) electrons. The van der Waals surface area contributed by atoms with Crippen molar-refractivity contribution in [3.8, 4) is 0 Å². The third kappa shape index (κ3) is 2.65. The number of nitrogens with zero attached hydrogens (tertiary/aromatic N) is 2. The van der Waals surface area contributed by atoms with Gasteiger partial charge >= 0.3 is 0 Å². The zero-order valence-corrected chi connectivity index (χ0v) is 10.8. The van der Waals surface area contributed by atoms with E-state index >= 15 is 0 Å². The highest BCUT2D eigenvalue weighted by atomic mass is 127. The fraction of sp³-hybridized carbons (Fsp3) is 0.111. The number of benzene rings is 1. The Kier molecular flexibility index (Phi) is 3.35. The van der Waals surface area contributed by atoms with Crippen molar-refractivity contribution in [2.24, 2.45) is 0 Å². The van der Waals surface area contributed by atoms with Gasteiger partial charge in [0.25, 0.3) is 0 Å². The van der Waals surface area contributed by atoms with Crippen molar-refractivity contribution in [1.82, 2.24) is 10.2 Å². The lowest BCUT2D eigenvalue weighted by Crippen LogP contribution is -1.86. The lowest BCUT2D eigenvalue weighted by molar-refractivity contribution is 0.991. The lowest BCUT2D eigenvalue weighted by Gasteiger charge is -1.96. The number of hydrogen-bond acceptors (Lipinski definition) is 3. The first-order valence-corrected chi connectivity index (χ1v) is 6.24. The highest BCUT2D eigenvalue weighted by molar-refractivity contribution is 14.1. The van der Waals surface area contributed by atoms with Crippen LogP contribution in [0.1, 0.15) is 10.6 Å². The average Bonchev–Trinajstić information content (AvgIpc) is 2.56. The number of rotatable bonds is 2. The molecule has 0 unspecified atom stereocenters. The van der Waals surface area contributed by atoms with Gasteiger partial charge in [-0.2, -0.15) is 0 Å². The van der Waals surface area contributed by atoms with Crippen LogP contribution in [0.2, 0.25) is 5.02 Å². The van der Waals surface area contributed by atoms with Crippen LogP contribution in [0.25, 0.3) is 0 Å². The van der Waals surface area contributed by atoms with Crippen LogP contribution in [-0.4, -0.2) is 10.2 Å². The Morgan fingerprint density at radius 1 is 1.21 bits per heavy atom. The van der Waals surface area contributed by atoms with Gasteiger partial charge in [0, 0.05) is 11.4 Å². The van der Waals surface area contributed by atoms with E-state index < -0.39 is 0 Å². The van der Waals surface area contributed by atoms with Gasteiger partial charge in [-0.15, -0.1) is 10.2 Å². The summed E-state index contributed by atoms with van der Waals surface area (Å²) in [5.74, 6) is 0. The predicted octanol–water partition coefficient (Wildman–Crippen LogP) is 3.39. The van der Waals surface area contributed by atoms with E-state index in [0.29, 0.717) is 0 Å². The van der Waals surface area contributed by atoms with Crippen LogP contribution in [0.3, 0.4) is 0 Å². The summed E-state index contributed by atoms with van der Waals surface area (Å²) in [7, 11) is 0. The van der Waals surface area contributed by atoms with Crippen LogP contribution in [0.4, 0.5) is 0 Å². The third-order valence-corrected chi connectivity index (χ3v) is 3.55. The van der Waals surface area contributed by atoms with Crippen molar-refractivity contribution in [1.29, 1.82) is 0 Å². The minimum absolute atomic E-state index is 0.764. The first-order chi connectivity index (χ1) is 6.74. The Hall–Kier alpha value is -0.200. The molecule has 14 heavy (non-hydrogen) atoms. The van der Waals surface area contributed by atoms with Gasteiger partial charge in [0.2, 0.25) is 0 Å². The first-order valence-electron chi connectivity index (χ1n) is 3.96. The molecule has 0 aliphatic rings. The average molecular weight is 337 g/mol. The summed E-state index contributed by atoms with van der Waals surface area (Å²) in [4.78, 5) is 0. The van der Waals surface area contributed by atoms with Gasteiger partial charge in [-0.3, -0.25) is 0 Å². The summed E-state index contributed by atoms with van der Waals surface area (Å²) in [6, 6.07) is 7.80. The van der Waals surface area contributed by atoms with E-state index in [1.165, 1.54) is 5.56 Å². The normalized spacial score (nSPS) is 10.4. The van der Waals surface area contributed by atoms with E-state index in [2.05, 4.69) is 32.8 Å². The van der Waals surface area contributed by atoms with Crippen molar-refractivity contribution in [3.63, 3.8) is 0 Å². The monoisotopic (exact) mass is 336 g/mol. The van der Waals surface area contributed by atoms with Gasteiger partial charge in [0.15, 0.2) is 3.01 Å². The van der Waals surface area contributed by atoms with Crippen molar-refractivity contribution in [2.75, 3.05) is 0 Å². The SMILES string of the molecule is Clc1ccc(Cc2nnc(I)s2)cc1. The molecule has 0 atom stereocenters. The molecule has 1 aromatic carbocycles. The van der Waals surface area contributed by atoms with Crippen LogP contribution < -0.4 is 0 Å². The van der Waals surface area contributed by atoms with Crippen molar-refractivity contribution in [2.45, 2.75) is 6.42 Å². The lowest BCUT2D eigenvalue weighted by atomic mass is 10.2. The topological polar surface area (TPSA) is 25.8 Å². The molecule has 0 bridgehead atoms. The zero-order chi connectivity index (χ0) is 9.97. The standard InChI is InChI=1S/C9H6ClIN2S/c10-7-3-1-6(2-4-7)5-8-12-13-9(11)14-8/h1-4H,5H2. The first kappa shape index (κ1) is 10.3. The second-order valence-electron chi connectivity index (χ2n) is 2.75. The van der Waals surface area contributed by atoms with E-state index in [1.807, 2.05) is 24.3 Å². The van der Waals surface area contributed by atoms with Crippen LogP contribution in [0.15, 0.2) is 24.3 Å². The van der Waals surface area contributed by atoms with E-state index in [0.717, 1.165) is 19.5 Å². The second-order valence-corrected chi connectivity index (χ2v) is 6.00. The molecule has 1 heterocycles. The molecule has 0 N–H and O–H groups in total. The van der Waals surface area contributed by atoms with Gasteiger partial charge in [0.1, 0.15) is 5.01 Å². The van der Waals surface area contributed by atoms with Gasteiger partial charge in [-0.05, 0) is 40.3 Å². The summed E-state index contributed by atoms with van der Waals surface area (Å²) in [5, 5.41) is 9.82. The summed E-state index contributed by atoms with van der Waals surface area (Å²) >= 11 is 9.58. The predicted molar refractivity (Wildman–Crippen MR) is 66.9 cm³/mol. The fourth-order valence-corrected chi connectivity index (χ4v) is 2.67. The largest absolute Gasteiger partial charge is 0.178 e. The Morgan fingerprint density at radius 2 is 1.93 bits per heavy atom. The zero-order valence-electron chi connectivity index (χ0n) is 7.08. The quantitative estimate of drug-likeness (QED) is 0.786. The molecule has 5 heteroatoms. The molecule has 0 saturated carbocycles. The van der Waals surface area contributed by atoms with Gasteiger partial charge < -0.3 is 0 Å². The van der Waals surface area contributed by atoms with Gasteiger partial charge in [0.05, 0.1) is 0 Å². The van der Waals surface area contributed by atoms with Crippen LogP contribution >= 0.6 is 45.5 Å². The van der Waals surface area contributed by atoms with Crippen LogP contribution in [0.5, 0.6) is 0 Å². The summed E-state index contributed by atoms with van der Waals surface area (Å²) < 4.78 is 0.978. The molecular formula is C9H6ClIN2S. The Balaban J connectivity index is 2.15. The highest BCUT2D eigenvalue weighted by Crippen LogP contribution is 2.17. The molecule has 0 saturated heterocycles. The third-order valence-electron chi connectivity index (χ3n) is 1.71. The van der Waals surface area contributed by atoms with Gasteiger partial charge in [-0.25, -0.2) is 0 Å². The number of halogens is 2. The Labute approximate surface area is 104 Å². The van der Waals surface area contributed by atoms with E-state index in [4.69, 9.17) is 11.6 Å². The molecule has 0 spiro atoms. The molecule has 1 aromatic heterocycles. The number of hydrogen-bond donors (Lipinski definition) is 0. The Bertz CT molecular complexity index is 427. The van der Waals surface area contributed by atoms with E-state index in [9.17, 15) is 0 Å². The summed E-state index contributed by atoms with van der Waals surface area (Å²) in [6.45, 7) is 0. The second kappa shape index (κ2) is 4.55. The molecule has 0 aliphatic carbocycles. The smallest absolute Gasteiger partial charge is 0.142 e. The summed E-state index contributed by atoms with van der Waals surface area (Å²) in [5.41, 5.74) is 1.21. The summed E-state index contributed by atoms with van der Waals surface area (Å²) in [6.07, 6.45) is 0.831. The van der Waals surface area contributed by atoms with Crippen molar-refractivity contribution < 1.29 is 0 Å². The molecule has 0 fully saturated rings. The van der Waals surface area contributed by atoms with Crippen molar-refractivity contribution >= 4 is 45.5 Å². The van der Waals surface area contributed by atoms with E-state index in [1.54, 1.807) is 11.3 Å². The molecular weight excluding hydrogens is 331 g/mol. The maximum atomic E-state index is 5.79. The molecule has 72 valence electrons. The van der Waals surface area contributed by atoms with Crippen molar-refractivity contribution in [3.05, 3.63) is 42.9 Å².